The molecule has 0 radical (unpaired) electrons. The van der Waals surface area contributed by atoms with E-state index in [-0.39, 0.29) is 5.91 Å². The Kier molecular flexibility index (Phi) is 6.77. The van der Waals surface area contributed by atoms with Gasteiger partial charge in [0, 0.05) is 19.2 Å². The quantitative estimate of drug-likeness (QED) is 0.791. The van der Waals surface area contributed by atoms with Crippen molar-refractivity contribution >= 4 is 17.7 Å². The van der Waals surface area contributed by atoms with Crippen molar-refractivity contribution in [1.82, 2.24) is 10.3 Å². The molecule has 1 aromatic carbocycles. The van der Waals surface area contributed by atoms with Gasteiger partial charge in [0.25, 0.3) is 0 Å². The fraction of sp³-hybridized carbons (Fsp3) is 0.300. The molecule has 132 valence electrons. The number of amides is 1. The summed E-state index contributed by atoms with van der Waals surface area (Å²) >= 11 is 1.50. The minimum Gasteiger partial charge on any atom is -0.352 e. The molecule has 1 amide bonds. The van der Waals surface area contributed by atoms with Crippen molar-refractivity contribution in [1.29, 1.82) is 10.5 Å². The van der Waals surface area contributed by atoms with Gasteiger partial charge >= 0.3 is 0 Å². The van der Waals surface area contributed by atoms with Crippen LogP contribution in [-0.2, 0) is 23.5 Å². The van der Waals surface area contributed by atoms with Crippen molar-refractivity contribution in [2.24, 2.45) is 0 Å². The number of rotatable bonds is 6. The maximum Gasteiger partial charge on any atom is 0.217 e. The highest BCUT2D eigenvalue weighted by molar-refractivity contribution is 7.98. The lowest BCUT2D eigenvalue weighted by molar-refractivity contribution is -0.119. The van der Waals surface area contributed by atoms with E-state index in [1.54, 1.807) is 6.92 Å². The number of nitrogens with zero attached hydrogens (tertiary/aromatic N) is 3. The van der Waals surface area contributed by atoms with Crippen molar-refractivity contribution in [3.8, 4) is 12.1 Å². The summed E-state index contributed by atoms with van der Waals surface area (Å²) < 4.78 is 0. The second-order valence-corrected chi connectivity index (χ2v) is 6.79. The number of nitriles is 2. The van der Waals surface area contributed by atoms with Crippen LogP contribution >= 0.6 is 11.8 Å². The average Bonchev–Trinajstić information content (AvgIpc) is 2.64. The maximum absolute atomic E-state index is 11.0. The number of nitrogens with one attached hydrogen (secondary N) is 1. The molecule has 6 heteroatoms. The topological polar surface area (TPSA) is 89.6 Å². The van der Waals surface area contributed by atoms with Gasteiger partial charge in [-0.2, -0.15) is 10.5 Å². The highest BCUT2D eigenvalue weighted by Gasteiger charge is 2.17. The zero-order chi connectivity index (χ0) is 19.1. The first-order valence-corrected chi connectivity index (χ1v) is 9.27. The Morgan fingerprint density at radius 1 is 1.15 bits per heavy atom. The minimum atomic E-state index is -0.0531. The molecule has 0 bridgehead atoms. The lowest BCUT2D eigenvalue weighted by Gasteiger charge is -2.11. The molecular weight excluding hydrogens is 344 g/mol. The van der Waals surface area contributed by atoms with Crippen LogP contribution in [0.2, 0.25) is 0 Å². The standard InChI is InChI=1S/C20H20N4OS/c1-4-17-18(9-21)13(2)24-20(19(17)10-22)26-12-16-7-5-15(6-8-16)11-23-14(3)25/h5-8H,4,11-12H2,1-3H3,(H,23,25). The Bertz CT molecular complexity index is 892. The summed E-state index contributed by atoms with van der Waals surface area (Å²) in [6, 6.07) is 12.3. The Morgan fingerprint density at radius 3 is 2.31 bits per heavy atom. The third kappa shape index (κ3) is 4.62. The summed E-state index contributed by atoms with van der Waals surface area (Å²) in [4.78, 5) is 15.4. The van der Waals surface area contributed by atoms with Gasteiger partial charge in [-0.1, -0.05) is 31.2 Å². The molecule has 0 aliphatic carbocycles. The normalized spacial score (nSPS) is 10.0. The van der Waals surface area contributed by atoms with E-state index in [0.717, 1.165) is 16.7 Å². The van der Waals surface area contributed by atoms with Crippen LogP contribution in [0.1, 0.15) is 47.4 Å². The smallest absolute Gasteiger partial charge is 0.217 e. The van der Waals surface area contributed by atoms with E-state index in [1.165, 1.54) is 18.7 Å². The van der Waals surface area contributed by atoms with E-state index in [9.17, 15) is 15.3 Å². The Balaban J connectivity index is 2.17. The zero-order valence-corrected chi connectivity index (χ0v) is 15.9. The molecule has 1 heterocycles. The van der Waals surface area contributed by atoms with Crippen LogP contribution in [0.3, 0.4) is 0 Å². The molecule has 1 N–H and O–H groups in total. The zero-order valence-electron chi connectivity index (χ0n) is 15.1. The van der Waals surface area contributed by atoms with Gasteiger partial charge in [0.05, 0.1) is 16.8 Å². The molecule has 2 aromatic rings. The number of carbonyl (C=O) groups excluding carboxylic acids is 1. The maximum atomic E-state index is 11.0. The summed E-state index contributed by atoms with van der Waals surface area (Å²) in [6.07, 6.45) is 0.626. The summed E-state index contributed by atoms with van der Waals surface area (Å²) in [7, 11) is 0. The van der Waals surface area contributed by atoms with Gasteiger partial charge in [0.2, 0.25) is 5.91 Å². The number of benzene rings is 1. The monoisotopic (exact) mass is 364 g/mol. The minimum absolute atomic E-state index is 0.0531. The van der Waals surface area contributed by atoms with Gasteiger partial charge in [-0.15, -0.1) is 11.8 Å². The van der Waals surface area contributed by atoms with Gasteiger partial charge in [-0.3, -0.25) is 4.79 Å². The molecule has 0 atom stereocenters. The van der Waals surface area contributed by atoms with Crippen molar-refractivity contribution in [3.05, 3.63) is 57.8 Å². The van der Waals surface area contributed by atoms with Crippen LogP contribution in [0.15, 0.2) is 29.3 Å². The summed E-state index contributed by atoms with van der Waals surface area (Å²) in [6.45, 7) is 5.75. The number of aromatic nitrogens is 1. The third-order valence-electron chi connectivity index (χ3n) is 3.97. The van der Waals surface area contributed by atoms with Crippen LogP contribution in [0.4, 0.5) is 0 Å². The predicted molar refractivity (Wildman–Crippen MR) is 101 cm³/mol. The molecule has 0 saturated heterocycles. The largest absolute Gasteiger partial charge is 0.352 e. The van der Waals surface area contributed by atoms with Crippen molar-refractivity contribution in [2.75, 3.05) is 0 Å². The van der Waals surface area contributed by atoms with Crippen LogP contribution in [0.5, 0.6) is 0 Å². The Morgan fingerprint density at radius 2 is 1.77 bits per heavy atom. The first kappa shape index (κ1) is 19.5. The molecule has 2 rings (SSSR count). The fourth-order valence-electron chi connectivity index (χ4n) is 2.59. The van der Waals surface area contributed by atoms with Gasteiger partial charge in [0.15, 0.2) is 0 Å². The number of hydrogen-bond acceptors (Lipinski definition) is 5. The van der Waals surface area contributed by atoms with E-state index in [4.69, 9.17) is 0 Å². The Hall–Kier alpha value is -2.83. The second kappa shape index (κ2) is 9.03. The number of hydrogen-bond donors (Lipinski definition) is 1. The molecule has 0 saturated carbocycles. The SMILES string of the molecule is CCc1c(C#N)c(C)nc(SCc2ccc(CNC(C)=O)cc2)c1C#N. The van der Waals surface area contributed by atoms with E-state index in [2.05, 4.69) is 22.4 Å². The van der Waals surface area contributed by atoms with E-state index in [1.807, 2.05) is 31.2 Å². The Labute approximate surface area is 158 Å². The highest BCUT2D eigenvalue weighted by Crippen LogP contribution is 2.29. The number of thioether (sulfide) groups is 1. The van der Waals surface area contributed by atoms with Gasteiger partial charge in [0.1, 0.15) is 17.2 Å². The molecule has 5 nitrogen and oxygen atoms in total. The highest BCUT2D eigenvalue weighted by atomic mass is 32.2. The number of aryl methyl sites for hydroxylation is 1. The van der Waals surface area contributed by atoms with E-state index >= 15 is 0 Å². The van der Waals surface area contributed by atoms with Crippen LogP contribution in [-0.4, -0.2) is 10.9 Å². The molecular formula is C20H20N4OS. The fourth-order valence-corrected chi connectivity index (χ4v) is 3.60. The van der Waals surface area contributed by atoms with Crippen molar-refractivity contribution in [3.63, 3.8) is 0 Å². The lowest BCUT2D eigenvalue weighted by Crippen LogP contribution is -2.18. The first-order chi connectivity index (χ1) is 12.5. The van der Waals surface area contributed by atoms with Crippen LogP contribution in [0.25, 0.3) is 0 Å². The lowest BCUT2D eigenvalue weighted by atomic mass is 10.0. The van der Waals surface area contributed by atoms with Crippen LogP contribution < -0.4 is 5.32 Å². The van der Waals surface area contributed by atoms with Crippen molar-refractivity contribution < 1.29 is 4.79 Å². The van der Waals surface area contributed by atoms with Crippen molar-refractivity contribution in [2.45, 2.75) is 44.5 Å². The second-order valence-electron chi connectivity index (χ2n) is 5.82. The molecule has 0 aliphatic rings. The molecule has 1 aromatic heterocycles. The number of pyridine rings is 1. The van der Waals surface area contributed by atoms with E-state index in [0.29, 0.717) is 40.6 Å². The number of carbonyl (C=O) groups is 1. The summed E-state index contributed by atoms with van der Waals surface area (Å²) in [5, 5.41) is 22.3. The van der Waals surface area contributed by atoms with Gasteiger partial charge < -0.3 is 5.32 Å². The molecule has 0 spiro atoms. The summed E-state index contributed by atoms with van der Waals surface area (Å²) in [5.41, 5.74) is 4.59. The molecule has 26 heavy (non-hydrogen) atoms. The third-order valence-corrected chi connectivity index (χ3v) is 5.01. The molecule has 0 unspecified atom stereocenters. The van der Waals surface area contributed by atoms with E-state index < -0.39 is 0 Å². The van der Waals surface area contributed by atoms with Gasteiger partial charge in [-0.05, 0) is 30.0 Å². The first-order valence-electron chi connectivity index (χ1n) is 8.28. The van der Waals surface area contributed by atoms with Crippen LogP contribution in [0, 0.1) is 29.6 Å². The molecule has 0 aliphatic heterocycles. The predicted octanol–water partition coefficient (Wildman–Crippen LogP) is 3.62. The molecule has 0 fully saturated rings. The summed E-state index contributed by atoms with van der Waals surface area (Å²) in [5.74, 6) is 0.624. The van der Waals surface area contributed by atoms with Gasteiger partial charge in [-0.25, -0.2) is 4.98 Å². The average molecular weight is 364 g/mol.